The Morgan fingerprint density at radius 1 is 1.33 bits per heavy atom. The van der Waals surface area contributed by atoms with Crippen molar-refractivity contribution in [3.63, 3.8) is 0 Å². The Hall–Kier alpha value is -2.75. The Labute approximate surface area is 174 Å². The summed E-state index contributed by atoms with van der Waals surface area (Å²) in [5.74, 6) is -1.38. The third-order valence-corrected chi connectivity index (χ3v) is 4.92. The van der Waals surface area contributed by atoms with Gasteiger partial charge in [-0.25, -0.2) is 9.98 Å². The lowest BCUT2D eigenvalue weighted by Gasteiger charge is -2.35. The lowest BCUT2D eigenvalue weighted by Crippen LogP contribution is -2.46. The summed E-state index contributed by atoms with van der Waals surface area (Å²) in [5, 5.41) is 0.372. The minimum Gasteiger partial charge on any atom is -0.452 e. The van der Waals surface area contributed by atoms with Crippen LogP contribution in [0.15, 0.2) is 29.5 Å². The highest BCUT2D eigenvalue weighted by Crippen LogP contribution is 2.40. The Morgan fingerprint density at radius 3 is 2.67 bits per heavy atom. The average molecular weight is 445 g/mol. The number of aromatic nitrogens is 2. The van der Waals surface area contributed by atoms with Gasteiger partial charge >= 0.3 is 6.18 Å². The molecule has 2 N–H and O–H groups in total. The maximum absolute atomic E-state index is 14.5. The van der Waals surface area contributed by atoms with Crippen LogP contribution in [0.5, 0.6) is 0 Å². The van der Waals surface area contributed by atoms with Crippen molar-refractivity contribution in [2.75, 3.05) is 0 Å². The van der Waals surface area contributed by atoms with Gasteiger partial charge in [0.15, 0.2) is 11.9 Å². The standard InChI is InChI=1S/C19H17ClF4N4O2/c1-9-3-11(20)8-26-15(9)13(29)5-10-4-12(16(21)27-7-10)18(2)6-14(19(22,23)24)30-17(25)28-18/h3-4,7-8,14H,5-6H2,1-2H3,(H2,25,28)/t14-,18-/m0/s1. The van der Waals surface area contributed by atoms with Gasteiger partial charge < -0.3 is 10.5 Å². The Morgan fingerprint density at radius 2 is 2.03 bits per heavy atom. The van der Waals surface area contributed by atoms with Gasteiger partial charge in [0.05, 0.1) is 10.6 Å². The Bertz CT molecular complexity index is 1030. The van der Waals surface area contributed by atoms with Crippen LogP contribution in [0.1, 0.15) is 40.5 Å². The van der Waals surface area contributed by atoms with Crippen LogP contribution in [0.4, 0.5) is 17.6 Å². The van der Waals surface area contributed by atoms with E-state index in [-0.39, 0.29) is 29.0 Å². The Kier molecular flexibility index (Phi) is 5.72. The summed E-state index contributed by atoms with van der Waals surface area (Å²) in [6.07, 6.45) is -5.37. The maximum atomic E-state index is 14.5. The molecule has 0 aliphatic carbocycles. The molecule has 3 heterocycles. The van der Waals surface area contributed by atoms with Crippen molar-refractivity contribution in [2.45, 2.75) is 44.5 Å². The number of amidine groups is 1. The van der Waals surface area contributed by atoms with Gasteiger partial charge in [0.2, 0.25) is 5.95 Å². The van der Waals surface area contributed by atoms with Crippen LogP contribution in [0.25, 0.3) is 0 Å². The number of nitrogens with two attached hydrogens (primary N) is 1. The molecule has 160 valence electrons. The molecule has 2 atom stereocenters. The lowest BCUT2D eigenvalue weighted by molar-refractivity contribution is -0.208. The first-order valence-corrected chi connectivity index (χ1v) is 9.16. The minimum atomic E-state index is -4.71. The highest BCUT2D eigenvalue weighted by atomic mass is 35.5. The number of hydrogen-bond donors (Lipinski definition) is 1. The van der Waals surface area contributed by atoms with Gasteiger partial charge in [0.25, 0.3) is 6.02 Å². The number of hydrogen-bond acceptors (Lipinski definition) is 6. The number of ether oxygens (including phenoxy) is 1. The van der Waals surface area contributed by atoms with Crippen molar-refractivity contribution >= 4 is 23.4 Å². The summed E-state index contributed by atoms with van der Waals surface area (Å²) in [6.45, 7) is 2.97. The highest BCUT2D eigenvalue weighted by molar-refractivity contribution is 6.30. The lowest BCUT2D eigenvalue weighted by atomic mass is 9.85. The fraction of sp³-hybridized carbons (Fsp3) is 0.368. The number of ketones is 1. The topological polar surface area (TPSA) is 90.5 Å². The van der Waals surface area contributed by atoms with Gasteiger partial charge in [-0.1, -0.05) is 11.6 Å². The minimum absolute atomic E-state index is 0.182. The first kappa shape index (κ1) is 21.9. The van der Waals surface area contributed by atoms with Crippen LogP contribution in [-0.4, -0.2) is 34.1 Å². The van der Waals surface area contributed by atoms with E-state index in [9.17, 15) is 22.4 Å². The molecule has 3 rings (SSSR count). The number of pyridine rings is 2. The van der Waals surface area contributed by atoms with E-state index < -0.39 is 36.2 Å². The number of nitrogens with zero attached hydrogens (tertiary/aromatic N) is 3. The number of carbonyl (C=O) groups excluding carboxylic acids is 1. The fourth-order valence-corrected chi connectivity index (χ4v) is 3.50. The molecule has 0 aromatic carbocycles. The van der Waals surface area contributed by atoms with Gasteiger partial charge in [-0.2, -0.15) is 17.6 Å². The monoisotopic (exact) mass is 444 g/mol. The van der Waals surface area contributed by atoms with Gasteiger partial charge in [-0.05, 0) is 37.1 Å². The number of aliphatic imine (C=N–C) groups is 1. The average Bonchev–Trinajstić information content (AvgIpc) is 2.61. The summed E-state index contributed by atoms with van der Waals surface area (Å²) < 4.78 is 58.6. The van der Waals surface area contributed by atoms with Crippen LogP contribution < -0.4 is 5.73 Å². The summed E-state index contributed by atoms with van der Waals surface area (Å²) in [7, 11) is 0. The molecule has 11 heteroatoms. The molecular weight excluding hydrogens is 428 g/mol. The Balaban J connectivity index is 1.93. The summed E-state index contributed by atoms with van der Waals surface area (Å²) >= 11 is 5.84. The molecule has 0 saturated heterocycles. The van der Waals surface area contributed by atoms with Crippen molar-refractivity contribution in [3.8, 4) is 0 Å². The first-order chi connectivity index (χ1) is 13.9. The van der Waals surface area contributed by atoms with Gasteiger partial charge in [0, 0.05) is 30.8 Å². The van der Waals surface area contributed by atoms with Crippen molar-refractivity contribution in [1.82, 2.24) is 9.97 Å². The quantitative estimate of drug-likeness (QED) is 0.439. The molecule has 1 aliphatic heterocycles. The molecule has 0 bridgehead atoms. The van der Waals surface area contributed by atoms with E-state index in [2.05, 4.69) is 19.7 Å². The van der Waals surface area contributed by atoms with Crippen LogP contribution >= 0.6 is 11.6 Å². The third kappa shape index (κ3) is 4.53. The molecule has 0 radical (unpaired) electrons. The fourth-order valence-electron chi connectivity index (χ4n) is 3.28. The number of halogens is 5. The zero-order valence-electron chi connectivity index (χ0n) is 15.9. The molecule has 6 nitrogen and oxygen atoms in total. The molecule has 2 aromatic rings. The van der Waals surface area contributed by atoms with Gasteiger partial charge in [-0.15, -0.1) is 0 Å². The van der Waals surface area contributed by atoms with Crippen LogP contribution in [0.3, 0.4) is 0 Å². The SMILES string of the molecule is Cc1cc(Cl)cnc1C(=O)Cc1cnc(F)c([C@]2(C)C[C@@H](C(F)(F)F)OC(N)=N2)c1. The number of alkyl halides is 3. The molecule has 1 aliphatic rings. The second-order valence-corrected chi connectivity index (χ2v) is 7.61. The second-order valence-electron chi connectivity index (χ2n) is 7.18. The molecular formula is C19H17ClF4N4O2. The summed E-state index contributed by atoms with van der Waals surface area (Å²) in [6, 6.07) is 2.14. The van der Waals surface area contributed by atoms with Crippen molar-refractivity contribution in [1.29, 1.82) is 0 Å². The number of aryl methyl sites for hydroxylation is 1. The number of carbonyl (C=O) groups is 1. The zero-order valence-corrected chi connectivity index (χ0v) is 16.7. The van der Waals surface area contributed by atoms with E-state index in [1.54, 1.807) is 13.0 Å². The van der Waals surface area contributed by atoms with Crippen molar-refractivity contribution in [2.24, 2.45) is 10.7 Å². The molecule has 0 saturated carbocycles. The summed E-state index contributed by atoms with van der Waals surface area (Å²) in [4.78, 5) is 24.1. The van der Waals surface area contributed by atoms with E-state index in [0.717, 1.165) is 6.20 Å². The predicted molar refractivity (Wildman–Crippen MR) is 101 cm³/mol. The molecule has 2 aromatic heterocycles. The van der Waals surface area contributed by atoms with Crippen LogP contribution in [0.2, 0.25) is 5.02 Å². The van der Waals surface area contributed by atoms with E-state index in [0.29, 0.717) is 10.6 Å². The number of Topliss-reactive ketones (excluding diaryl/α,β-unsaturated/α-hetero) is 1. The molecule has 0 amide bonds. The van der Waals surface area contributed by atoms with Crippen molar-refractivity contribution in [3.05, 3.63) is 57.9 Å². The van der Waals surface area contributed by atoms with E-state index in [1.807, 2.05) is 0 Å². The maximum Gasteiger partial charge on any atom is 0.425 e. The zero-order chi connectivity index (χ0) is 22.3. The van der Waals surface area contributed by atoms with E-state index in [1.165, 1.54) is 19.2 Å². The normalized spacial score (nSPS) is 21.7. The third-order valence-electron chi connectivity index (χ3n) is 4.72. The van der Waals surface area contributed by atoms with E-state index in [4.69, 9.17) is 17.3 Å². The first-order valence-electron chi connectivity index (χ1n) is 8.78. The largest absolute Gasteiger partial charge is 0.452 e. The van der Waals surface area contributed by atoms with Crippen LogP contribution in [-0.2, 0) is 16.7 Å². The van der Waals surface area contributed by atoms with Gasteiger partial charge in [0.1, 0.15) is 5.69 Å². The number of rotatable bonds is 4. The van der Waals surface area contributed by atoms with Crippen LogP contribution in [0, 0.1) is 12.9 Å². The second kappa shape index (κ2) is 7.82. The summed E-state index contributed by atoms with van der Waals surface area (Å²) in [5.41, 5.74) is 4.56. The molecule has 0 unspecified atom stereocenters. The van der Waals surface area contributed by atoms with E-state index >= 15 is 0 Å². The smallest absolute Gasteiger partial charge is 0.425 e. The molecule has 0 fully saturated rings. The molecule has 0 spiro atoms. The highest BCUT2D eigenvalue weighted by Gasteiger charge is 2.50. The molecule has 30 heavy (non-hydrogen) atoms. The van der Waals surface area contributed by atoms with Gasteiger partial charge in [-0.3, -0.25) is 9.78 Å². The van der Waals surface area contributed by atoms with Crippen molar-refractivity contribution < 1.29 is 27.1 Å². The predicted octanol–water partition coefficient (Wildman–Crippen LogP) is 3.88.